The molecule has 0 saturated carbocycles. The van der Waals surface area contributed by atoms with E-state index in [0.717, 1.165) is 0 Å². The maximum absolute atomic E-state index is 15.9. The van der Waals surface area contributed by atoms with Gasteiger partial charge >= 0.3 is 168 Å². The number of carbonyl (C=O) groups excluding carboxylic acids is 12. The summed E-state index contributed by atoms with van der Waals surface area (Å²) in [4.78, 5) is 143. The summed E-state index contributed by atoms with van der Waals surface area (Å²) in [7, 11) is 0. The van der Waals surface area contributed by atoms with Crippen molar-refractivity contribution in [3.63, 3.8) is 0 Å². The second-order valence-electron chi connectivity index (χ2n) is 29.4. The molecule has 0 aromatic heterocycles. The number of ether oxygens (including phenoxy) is 20. The number of nitrogens with one attached hydrogen (secondary N) is 4. The lowest BCUT2D eigenvalue weighted by Gasteiger charge is -2.39. The molecule has 0 aromatic carbocycles. The van der Waals surface area contributed by atoms with Crippen LogP contribution < -0.4 is 21.3 Å². The number of hydrogen-bond acceptors (Lipinski definition) is 32. The van der Waals surface area contributed by atoms with Gasteiger partial charge in [0.1, 0.15) is 75.0 Å². The first kappa shape index (κ1) is 133. The van der Waals surface area contributed by atoms with Crippen LogP contribution in [0.15, 0.2) is 101 Å². The summed E-state index contributed by atoms with van der Waals surface area (Å²) in [6, 6.07) is 0. The highest BCUT2D eigenvalue weighted by Gasteiger charge is 2.79. The normalized spacial score (nSPS) is 14.7. The van der Waals surface area contributed by atoms with E-state index in [-0.39, 0.29) is 0 Å². The van der Waals surface area contributed by atoms with Crippen molar-refractivity contribution in [2.75, 3.05) is 106 Å². The molecule has 0 spiro atoms. The van der Waals surface area contributed by atoms with E-state index in [1.807, 2.05) is 0 Å². The number of hydrogen-bond donors (Lipinski definition) is 4. The van der Waals surface area contributed by atoms with Gasteiger partial charge in [0.15, 0.2) is 26.4 Å². The zero-order valence-corrected chi connectivity index (χ0v) is 73.1. The smallest absolute Gasteiger partial charge is 0.428 e. The molecule has 0 fully saturated rings. The fraction of sp³-hybridized carbons (Fsp3) is 0.616. The van der Waals surface area contributed by atoms with Crippen LogP contribution in [0, 0.1) is 5.41 Å². The van der Waals surface area contributed by atoms with Crippen LogP contribution >= 0.6 is 0 Å². The second-order valence-corrected chi connectivity index (χ2v) is 29.4. The van der Waals surface area contributed by atoms with Gasteiger partial charge in [0.05, 0.1) is 31.8 Å². The van der Waals surface area contributed by atoms with Crippen molar-refractivity contribution in [1.29, 1.82) is 0 Å². The summed E-state index contributed by atoms with van der Waals surface area (Å²) >= 11 is 0. The minimum absolute atomic E-state index is 0.359. The molecule has 0 aliphatic carbocycles. The lowest BCUT2D eigenvalue weighted by Crippen LogP contribution is -2.61. The van der Waals surface area contributed by atoms with Crippen LogP contribution in [0.3, 0.4) is 0 Å². The van der Waals surface area contributed by atoms with Crippen LogP contribution in [0.25, 0.3) is 0 Å². The van der Waals surface area contributed by atoms with Crippen molar-refractivity contribution in [2.45, 2.75) is 172 Å². The third kappa shape index (κ3) is 38.7. The summed E-state index contributed by atoms with van der Waals surface area (Å²) in [5, 5.41) is 5.41. The summed E-state index contributed by atoms with van der Waals surface area (Å²) in [6.07, 6.45) is -94.9. The average Bonchev–Trinajstić information content (AvgIpc) is 0.770. The van der Waals surface area contributed by atoms with E-state index in [9.17, 15) is 57.5 Å². The molecule has 0 saturated heterocycles. The molecule has 832 valence electrons. The Bertz CT molecular complexity index is 3890. The molecule has 0 heterocycles. The van der Waals surface area contributed by atoms with Gasteiger partial charge < -0.3 is 97.1 Å². The first-order valence-electron chi connectivity index (χ1n) is 37.4. The maximum atomic E-state index is 15.9. The van der Waals surface area contributed by atoms with E-state index in [0.29, 0.717) is 76.3 Å². The molecule has 36 nitrogen and oxygen atoms in total. The van der Waals surface area contributed by atoms with Crippen molar-refractivity contribution >= 4 is 72.1 Å². The van der Waals surface area contributed by atoms with E-state index in [1.165, 1.54) is 21.3 Å². The number of halogens is 36. The van der Waals surface area contributed by atoms with Gasteiger partial charge in [0, 0.05) is 48.6 Å². The van der Waals surface area contributed by atoms with Gasteiger partial charge in [-0.15, -0.1) is 0 Å². The molecular weight excluding hydrogens is 2130 g/mol. The number of alkyl halides is 36. The van der Waals surface area contributed by atoms with Gasteiger partial charge in [-0.05, 0) is 27.7 Å². The molecule has 0 aromatic rings. The monoisotopic (exact) mass is 2200 g/mol. The molecule has 4 atom stereocenters. The summed E-state index contributed by atoms with van der Waals surface area (Å²) in [5.74, 6) is -71.4. The average molecular weight is 2210 g/mol. The first-order valence-corrected chi connectivity index (χ1v) is 37.4. The number of alkyl carbamates (subject to hydrolysis) is 4. The Morgan fingerprint density at radius 1 is 0.214 bits per heavy atom. The molecule has 0 radical (unpaired) electrons. The SMILES string of the molecule is C=CC(=O)OCC(C)(COC(=O)C=C)NC(=O)OCC(F)(F)C(F)(F)C(F)(F)OC(F)C(F)(F)OCC(COC(F)(F)C(F)OC(F)(F)C(F)(F)C(F)(F)COC(=O)NC(C)(COC(=O)C=C)COC(=O)C=C)(COC(F)(F)C(F)OC(F)(F)C(F)(F)C(F)(F)COC(=O)NC(C)(COC(=O)C=C)COC(=O)C=C)COC(F)(F)C(F)OC(F)(F)C(F)(F)C(F)(F)COC(=O)NC(C)(COC(=O)C=C)COC(=O)C=C. The van der Waals surface area contributed by atoms with Gasteiger partial charge in [-0.2, -0.15) is 140 Å². The number of rotatable bonds is 68. The third-order valence-electron chi connectivity index (χ3n) is 16.4. The van der Waals surface area contributed by atoms with Gasteiger partial charge in [-0.3, -0.25) is 18.9 Å². The number of amides is 4. The maximum Gasteiger partial charge on any atom is 0.428 e. The minimum Gasteiger partial charge on any atom is -0.460 e. The Hall–Kier alpha value is -12.1. The van der Waals surface area contributed by atoms with E-state index < -0.39 is 327 Å². The quantitative estimate of drug-likeness (QED) is 0.0190. The highest BCUT2D eigenvalue weighted by molar-refractivity contribution is 5.84. The predicted molar refractivity (Wildman–Crippen MR) is 390 cm³/mol. The minimum atomic E-state index is -7.92. The van der Waals surface area contributed by atoms with Crippen LogP contribution in [-0.2, 0) is 133 Å². The Kier molecular flexibility index (Phi) is 47.0. The summed E-state index contributed by atoms with van der Waals surface area (Å²) < 4.78 is 626. The van der Waals surface area contributed by atoms with Crippen LogP contribution in [-0.4, -0.2) is 322 Å². The Morgan fingerprint density at radius 3 is 0.455 bits per heavy atom. The number of esters is 8. The molecule has 0 bridgehead atoms. The molecule has 0 rings (SSSR count). The number of carbonyl (C=O) groups is 12. The van der Waals surface area contributed by atoms with Crippen LogP contribution in [0.2, 0.25) is 0 Å². The van der Waals surface area contributed by atoms with Gasteiger partial charge in [-0.25, -0.2) is 75.1 Å². The van der Waals surface area contributed by atoms with Crippen LogP contribution in [0.5, 0.6) is 0 Å². The predicted octanol–water partition coefficient (Wildman–Crippen LogP) is 12.9. The lowest BCUT2D eigenvalue weighted by molar-refractivity contribution is -0.464. The summed E-state index contributed by atoms with van der Waals surface area (Å²) in [6.45, 7) is -16.4. The van der Waals surface area contributed by atoms with Crippen LogP contribution in [0.4, 0.5) is 177 Å². The van der Waals surface area contributed by atoms with Crippen molar-refractivity contribution in [3.05, 3.63) is 101 Å². The fourth-order valence-electron chi connectivity index (χ4n) is 8.34. The van der Waals surface area contributed by atoms with Gasteiger partial charge in [0.25, 0.3) is 25.4 Å². The van der Waals surface area contributed by atoms with E-state index in [1.54, 1.807) is 0 Å². The standard InChI is InChI=1S/C73H76F36N4O32/c1-13-37(114)126-21-53(9,22-127-38(115)14-2)110-49(122)134-33-58(78,79)66(94,95)70(102,103)142-45(74)62(86,87)138-29-57(30-139-63(88,89)46(75)143-71(104,105)67(96,97)59(80,81)34-135-50(123)111-54(10,23-128-39(116)15-3)24-129-40(117)16-4,31-140-64(90,91)47(76)144-72(106,107)68(98,99)60(82,83)35-136-51(124)112-55(11,25-130-41(118)17-5)26-131-42(119)18-6)32-141-65(92,93)48(77)145-73(108,109)69(100,101)61(84,85)36-137-52(125)113-56(12,27-132-43(120)19-7)28-133-44(121)20-8/h13-20,45-48H,1-8,21-36H2,9-12H3,(H,110,122)(H,111,123)(H,112,124)(H,113,125). The van der Waals surface area contributed by atoms with Crippen molar-refractivity contribution < 1.29 is 310 Å². The third-order valence-corrected chi connectivity index (χ3v) is 16.4. The van der Waals surface area contributed by atoms with Gasteiger partial charge in [-0.1, -0.05) is 52.6 Å². The lowest BCUT2D eigenvalue weighted by atomic mass is 9.92. The highest BCUT2D eigenvalue weighted by Crippen LogP contribution is 2.54. The molecule has 72 heteroatoms. The molecule has 4 unspecified atom stereocenters. The zero-order chi connectivity index (χ0) is 114. The van der Waals surface area contributed by atoms with Crippen LogP contribution in [0.1, 0.15) is 27.7 Å². The van der Waals surface area contributed by atoms with Gasteiger partial charge in [0.2, 0.25) is 0 Å². The highest BCUT2D eigenvalue weighted by atomic mass is 19.4. The molecule has 4 N–H and O–H groups in total. The fourth-order valence-corrected chi connectivity index (χ4v) is 8.34. The molecule has 4 amide bonds. The topological polar surface area (TPSA) is 438 Å². The van der Waals surface area contributed by atoms with E-state index >= 15 is 158 Å². The largest absolute Gasteiger partial charge is 0.460 e. The molecule has 0 aliphatic heterocycles. The molecule has 0 aliphatic rings. The molecule has 145 heavy (non-hydrogen) atoms. The summed E-state index contributed by atoms with van der Waals surface area (Å²) in [5.41, 5.74) is -16.0. The second kappa shape index (κ2) is 51.3. The Morgan fingerprint density at radius 2 is 0.338 bits per heavy atom. The van der Waals surface area contributed by atoms with Crippen molar-refractivity contribution in [1.82, 2.24) is 21.3 Å². The van der Waals surface area contributed by atoms with Crippen molar-refractivity contribution in [3.8, 4) is 0 Å². The Labute approximate surface area is 786 Å². The zero-order valence-electron chi connectivity index (χ0n) is 73.1. The van der Waals surface area contributed by atoms with Crippen molar-refractivity contribution in [2.24, 2.45) is 5.41 Å². The first-order chi connectivity index (χ1) is 65.4. The van der Waals surface area contributed by atoms with E-state index in [4.69, 9.17) is 0 Å². The Balaban J connectivity index is 9.07. The van der Waals surface area contributed by atoms with E-state index in [2.05, 4.69) is 147 Å². The molecular formula is C73H76F36N4O32.